The molecule has 1 aliphatic rings. The number of aromatic nitrogens is 2. The lowest BCUT2D eigenvalue weighted by molar-refractivity contribution is 0.0751. The first-order valence-corrected chi connectivity index (χ1v) is 10.5. The Morgan fingerprint density at radius 1 is 1.07 bits per heavy atom. The van der Waals surface area contributed by atoms with Gasteiger partial charge in [0.2, 0.25) is 0 Å². The largest absolute Gasteiger partial charge is 0.461 e. The molecule has 3 aromatic heterocycles. The van der Waals surface area contributed by atoms with Crippen molar-refractivity contribution in [3.63, 3.8) is 0 Å². The van der Waals surface area contributed by atoms with Crippen molar-refractivity contribution in [2.45, 2.75) is 0 Å². The van der Waals surface area contributed by atoms with E-state index < -0.39 is 0 Å². The van der Waals surface area contributed by atoms with Crippen molar-refractivity contribution in [2.24, 2.45) is 0 Å². The first kappa shape index (κ1) is 18.1. The van der Waals surface area contributed by atoms with Gasteiger partial charge in [-0.15, -0.1) is 11.3 Å². The number of anilines is 1. The number of piperazine rings is 1. The number of hydrogen-bond donors (Lipinski definition) is 0. The number of carbonyl (C=O) groups is 1. The van der Waals surface area contributed by atoms with E-state index in [1.165, 1.54) is 11.3 Å². The Morgan fingerprint density at radius 3 is 2.66 bits per heavy atom. The van der Waals surface area contributed by atoms with Gasteiger partial charge in [-0.1, -0.05) is 17.7 Å². The molecule has 0 unspecified atom stereocenters. The van der Waals surface area contributed by atoms with Crippen molar-refractivity contribution in [3.8, 4) is 11.6 Å². The maximum atomic E-state index is 12.6. The van der Waals surface area contributed by atoms with E-state index in [1.54, 1.807) is 6.26 Å². The summed E-state index contributed by atoms with van der Waals surface area (Å²) in [7, 11) is 0. The predicted molar refractivity (Wildman–Crippen MR) is 115 cm³/mol. The van der Waals surface area contributed by atoms with Gasteiger partial charge >= 0.3 is 0 Å². The van der Waals surface area contributed by atoms with Crippen LogP contribution in [0.1, 0.15) is 9.67 Å². The first-order chi connectivity index (χ1) is 14.2. The van der Waals surface area contributed by atoms with Crippen LogP contribution in [-0.4, -0.2) is 47.0 Å². The number of thiophene rings is 1. The molecule has 0 atom stereocenters. The van der Waals surface area contributed by atoms with E-state index in [0.717, 1.165) is 21.6 Å². The fraction of sp³-hybridized carbons (Fsp3) is 0.190. The van der Waals surface area contributed by atoms with Gasteiger partial charge in [0.25, 0.3) is 5.91 Å². The van der Waals surface area contributed by atoms with Crippen LogP contribution in [0.15, 0.2) is 58.5 Å². The molecule has 0 N–H and O–H groups in total. The summed E-state index contributed by atoms with van der Waals surface area (Å²) in [5.41, 5.74) is 0.769. The van der Waals surface area contributed by atoms with Gasteiger partial charge in [0, 0.05) is 36.6 Å². The van der Waals surface area contributed by atoms with E-state index in [-0.39, 0.29) is 5.91 Å². The van der Waals surface area contributed by atoms with Crippen molar-refractivity contribution in [1.29, 1.82) is 0 Å². The highest BCUT2D eigenvalue weighted by Crippen LogP contribution is 2.30. The fourth-order valence-corrected chi connectivity index (χ4v) is 4.38. The van der Waals surface area contributed by atoms with Crippen LogP contribution in [-0.2, 0) is 0 Å². The van der Waals surface area contributed by atoms with Crippen LogP contribution in [0.25, 0.3) is 22.5 Å². The topological polar surface area (TPSA) is 62.5 Å². The van der Waals surface area contributed by atoms with Crippen molar-refractivity contribution in [1.82, 2.24) is 14.9 Å². The summed E-state index contributed by atoms with van der Waals surface area (Å²) < 4.78 is 5.50. The second-order valence-electron chi connectivity index (χ2n) is 6.77. The van der Waals surface area contributed by atoms with Crippen LogP contribution in [0.3, 0.4) is 0 Å². The highest BCUT2D eigenvalue weighted by atomic mass is 35.5. The summed E-state index contributed by atoms with van der Waals surface area (Å²) in [6.45, 7) is 2.69. The van der Waals surface area contributed by atoms with E-state index in [2.05, 4.69) is 9.88 Å². The van der Waals surface area contributed by atoms with Gasteiger partial charge in [0.1, 0.15) is 5.82 Å². The second kappa shape index (κ2) is 7.50. The number of rotatable bonds is 3. The molecule has 0 spiro atoms. The third-order valence-corrected chi connectivity index (χ3v) is 6.07. The Hall–Kier alpha value is -2.90. The third-order valence-electron chi connectivity index (χ3n) is 4.98. The third kappa shape index (κ3) is 3.47. The molecular weight excluding hydrogens is 408 g/mol. The molecule has 0 bridgehead atoms. The van der Waals surface area contributed by atoms with Gasteiger partial charge in [-0.3, -0.25) is 4.79 Å². The monoisotopic (exact) mass is 424 g/mol. The van der Waals surface area contributed by atoms with Gasteiger partial charge in [-0.2, -0.15) is 0 Å². The van der Waals surface area contributed by atoms with E-state index in [1.807, 2.05) is 52.7 Å². The van der Waals surface area contributed by atoms with Crippen LogP contribution in [0.4, 0.5) is 5.82 Å². The molecule has 1 aromatic carbocycles. The summed E-state index contributed by atoms with van der Waals surface area (Å²) >= 11 is 7.67. The average Bonchev–Trinajstić information content (AvgIpc) is 3.46. The summed E-state index contributed by atoms with van der Waals surface area (Å²) in [4.78, 5) is 26.9. The van der Waals surface area contributed by atoms with Gasteiger partial charge in [0.15, 0.2) is 11.6 Å². The SMILES string of the molecule is O=C(c1cccs1)N1CCN(c2nc(-c3ccco3)nc3cc(Cl)ccc23)CC1. The minimum atomic E-state index is 0.0928. The summed E-state index contributed by atoms with van der Waals surface area (Å²) in [6.07, 6.45) is 1.61. The Balaban J connectivity index is 1.46. The molecule has 1 aliphatic heterocycles. The zero-order valence-electron chi connectivity index (χ0n) is 15.4. The maximum absolute atomic E-state index is 12.6. The minimum absolute atomic E-state index is 0.0928. The summed E-state index contributed by atoms with van der Waals surface area (Å²) in [5.74, 6) is 2.06. The fourth-order valence-electron chi connectivity index (χ4n) is 3.52. The molecule has 1 fully saturated rings. The highest BCUT2D eigenvalue weighted by Gasteiger charge is 2.25. The Labute approximate surface area is 176 Å². The molecule has 146 valence electrons. The number of fused-ring (bicyclic) bond motifs is 1. The lowest BCUT2D eigenvalue weighted by atomic mass is 10.2. The zero-order chi connectivity index (χ0) is 19.8. The van der Waals surface area contributed by atoms with Crippen LogP contribution >= 0.6 is 22.9 Å². The van der Waals surface area contributed by atoms with Gasteiger partial charge in [-0.25, -0.2) is 9.97 Å². The van der Waals surface area contributed by atoms with E-state index in [9.17, 15) is 4.79 Å². The van der Waals surface area contributed by atoms with Crippen molar-refractivity contribution in [3.05, 3.63) is 64.0 Å². The average molecular weight is 425 g/mol. The molecule has 1 amide bonds. The molecule has 4 aromatic rings. The number of carbonyl (C=O) groups excluding carboxylic acids is 1. The maximum Gasteiger partial charge on any atom is 0.264 e. The molecule has 4 heterocycles. The number of halogens is 1. The molecule has 6 nitrogen and oxygen atoms in total. The second-order valence-corrected chi connectivity index (χ2v) is 8.15. The Morgan fingerprint density at radius 2 is 1.93 bits per heavy atom. The Kier molecular flexibility index (Phi) is 4.69. The quantitative estimate of drug-likeness (QED) is 0.482. The molecular formula is C21H17ClN4O2S. The van der Waals surface area contributed by atoms with Gasteiger partial charge in [-0.05, 0) is 41.8 Å². The lowest BCUT2D eigenvalue weighted by Crippen LogP contribution is -2.49. The molecule has 0 saturated carbocycles. The molecule has 0 radical (unpaired) electrons. The number of benzene rings is 1. The van der Waals surface area contributed by atoms with Gasteiger partial charge in [0.05, 0.1) is 16.7 Å². The van der Waals surface area contributed by atoms with Gasteiger partial charge < -0.3 is 14.2 Å². The number of nitrogens with zero attached hydrogens (tertiary/aromatic N) is 4. The smallest absolute Gasteiger partial charge is 0.264 e. The normalized spacial score (nSPS) is 14.5. The molecule has 0 aliphatic carbocycles. The van der Waals surface area contributed by atoms with Crippen LogP contribution in [0.2, 0.25) is 5.02 Å². The first-order valence-electron chi connectivity index (χ1n) is 9.28. The lowest BCUT2D eigenvalue weighted by Gasteiger charge is -2.35. The summed E-state index contributed by atoms with van der Waals surface area (Å²) in [5, 5.41) is 3.49. The molecule has 29 heavy (non-hydrogen) atoms. The Bertz CT molecular complexity index is 1150. The van der Waals surface area contributed by atoms with E-state index in [0.29, 0.717) is 42.8 Å². The van der Waals surface area contributed by atoms with Crippen molar-refractivity contribution < 1.29 is 9.21 Å². The summed E-state index contributed by atoms with van der Waals surface area (Å²) in [6, 6.07) is 13.1. The van der Waals surface area contributed by atoms with Crippen LogP contribution in [0.5, 0.6) is 0 Å². The van der Waals surface area contributed by atoms with E-state index in [4.69, 9.17) is 21.0 Å². The van der Waals surface area contributed by atoms with Crippen molar-refractivity contribution in [2.75, 3.05) is 31.1 Å². The van der Waals surface area contributed by atoms with Crippen molar-refractivity contribution >= 4 is 45.6 Å². The molecule has 8 heteroatoms. The standard InChI is InChI=1S/C21H17ClN4O2S/c22-14-5-6-15-16(13-14)23-19(17-3-1-11-28-17)24-20(15)25-7-9-26(10-8-25)21(27)18-4-2-12-29-18/h1-6,11-13H,7-10H2. The van der Waals surface area contributed by atoms with Crippen LogP contribution < -0.4 is 4.90 Å². The van der Waals surface area contributed by atoms with Crippen LogP contribution in [0, 0.1) is 0 Å². The number of amides is 1. The predicted octanol–water partition coefficient (Wildman–Crippen LogP) is 4.57. The minimum Gasteiger partial charge on any atom is -0.461 e. The molecule has 1 saturated heterocycles. The highest BCUT2D eigenvalue weighted by molar-refractivity contribution is 7.12. The molecule has 5 rings (SSSR count). The zero-order valence-corrected chi connectivity index (χ0v) is 17.0. The van der Waals surface area contributed by atoms with E-state index >= 15 is 0 Å². The number of hydrogen-bond acceptors (Lipinski definition) is 6. The number of furan rings is 1.